The minimum Gasteiger partial charge on any atom is -0.497 e. The van der Waals surface area contributed by atoms with Gasteiger partial charge in [-0.15, -0.1) is 11.6 Å². The molecule has 0 bridgehead atoms. The van der Waals surface area contributed by atoms with Crippen LogP contribution in [0.3, 0.4) is 0 Å². The third-order valence-electron chi connectivity index (χ3n) is 3.38. The van der Waals surface area contributed by atoms with Crippen LogP contribution >= 0.6 is 11.6 Å². The van der Waals surface area contributed by atoms with E-state index in [1.165, 1.54) is 11.1 Å². The molecule has 0 heterocycles. The molecule has 0 spiro atoms. The van der Waals surface area contributed by atoms with Gasteiger partial charge in [0.15, 0.2) is 0 Å². The molecule has 0 saturated heterocycles. The van der Waals surface area contributed by atoms with Gasteiger partial charge in [-0.05, 0) is 36.6 Å². The van der Waals surface area contributed by atoms with E-state index in [2.05, 4.69) is 32.0 Å². The first-order chi connectivity index (χ1) is 9.63. The summed E-state index contributed by atoms with van der Waals surface area (Å²) in [5.41, 5.74) is 4.68. The lowest BCUT2D eigenvalue weighted by Crippen LogP contribution is -1.99. The lowest BCUT2D eigenvalue weighted by Gasteiger charge is -2.12. The molecule has 0 aliphatic rings. The molecule has 2 nitrogen and oxygen atoms in total. The predicted molar refractivity (Wildman–Crippen MR) is 82.8 cm³/mol. The van der Waals surface area contributed by atoms with Crippen molar-refractivity contribution in [3.8, 4) is 11.5 Å². The smallest absolute Gasteiger partial charge is 0.127 e. The second-order valence-corrected chi connectivity index (χ2v) is 5.08. The van der Waals surface area contributed by atoms with Gasteiger partial charge in [-0.1, -0.05) is 24.3 Å². The lowest BCUT2D eigenvalue weighted by atomic mass is 10.1. The molecule has 0 aliphatic heterocycles. The zero-order valence-corrected chi connectivity index (χ0v) is 12.8. The van der Waals surface area contributed by atoms with E-state index in [1.807, 2.05) is 18.2 Å². The fraction of sp³-hybridized carbons (Fsp3) is 0.294. The van der Waals surface area contributed by atoms with E-state index in [0.29, 0.717) is 12.5 Å². The van der Waals surface area contributed by atoms with E-state index in [0.717, 1.165) is 22.6 Å². The van der Waals surface area contributed by atoms with Crippen LogP contribution in [-0.2, 0) is 12.5 Å². The summed E-state index contributed by atoms with van der Waals surface area (Å²) in [6.07, 6.45) is 0. The Morgan fingerprint density at radius 2 is 1.80 bits per heavy atom. The minimum absolute atomic E-state index is 0.423. The largest absolute Gasteiger partial charge is 0.497 e. The summed E-state index contributed by atoms with van der Waals surface area (Å²) in [5, 5.41) is 0. The number of alkyl halides is 1. The molecule has 0 N–H and O–H groups in total. The van der Waals surface area contributed by atoms with Crippen molar-refractivity contribution < 1.29 is 9.47 Å². The summed E-state index contributed by atoms with van der Waals surface area (Å²) >= 11 is 5.93. The van der Waals surface area contributed by atoms with Crippen LogP contribution in [0.4, 0.5) is 0 Å². The molecule has 2 aromatic carbocycles. The number of benzene rings is 2. The molecule has 0 atom stereocenters. The second kappa shape index (κ2) is 6.67. The molecule has 2 aromatic rings. The molecule has 0 fully saturated rings. The van der Waals surface area contributed by atoms with Gasteiger partial charge in [0.2, 0.25) is 0 Å². The summed E-state index contributed by atoms with van der Waals surface area (Å²) in [5.74, 6) is 1.97. The highest BCUT2D eigenvalue weighted by molar-refractivity contribution is 6.17. The summed E-state index contributed by atoms with van der Waals surface area (Å²) in [4.78, 5) is 0. The first-order valence-corrected chi connectivity index (χ1v) is 7.09. The molecule has 20 heavy (non-hydrogen) atoms. The molecule has 0 saturated carbocycles. The second-order valence-electron chi connectivity index (χ2n) is 4.81. The minimum atomic E-state index is 0.423. The van der Waals surface area contributed by atoms with Gasteiger partial charge in [-0.3, -0.25) is 0 Å². The Bertz CT molecular complexity index is 594. The van der Waals surface area contributed by atoms with Crippen LogP contribution in [-0.4, -0.2) is 7.11 Å². The van der Waals surface area contributed by atoms with Crippen LogP contribution < -0.4 is 9.47 Å². The molecule has 2 rings (SSSR count). The van der Waals surface area contributed by atoms with Crippen molar-refractivity contribution in [2.45, 2.75) is 26.3 Å². The van der Waals surface area contributed by atoms with E-state index in [-0.39, 0.29) is 0 Å². The SMILES string of the molecule is COc1ccc(CCl)c(OCc2ccc(C)c(C)c2)c1. The van der Waals surface area contributed by atoms with Crippen LogP contribution in [0.1, 0.15) is 22.3 Å². The maximum absolute atomic E-state index is 5.93. The summed E-state index contributed by atoms with van der Waals surface area (Å²) in [7, 11) is 1.64. The summed E-state index contributed by atoms with van der Waals surface area (Å²) in [6.45, 7) is 4.74. The zero-order chi connectivity index (χ0) is 14.5. The third kappa shape index (κ3) is 3.45. The summed E-state index contributed by atoms with van der Waals surface area (Å²) in [6, 6.07) is 12.0. The van der Waals surface area contributed by atoms with Gasteiger partial charge in [0.25, 0.3) is 0 Å². The van der Waals surface area contributed by atoms with Gasteiger partial charge < -0.3 is 9.47 Å². The molecule has 0 unspecified atom stereocenters. The number of halogens is 1. The van der Waals surface area contributed by atoms with Gasteiger partial charge in [0.05, 0.1) is 13.0 Å². The van der Waals surface area contributed by atoms with E-state index in [9.17, 15) is 0 Å². The van der Waals surface area contributed by atoms with Gasteiger partial charge in [-0.25, -0.2) is 0 Å². The van der Waals surface area contributed by atoms with Crippen LogP contribution in [0, 0.1) is 13.8 Å². The molecule has 0 amide bonds. The van der Waals surface area contributed by atoms with Crippen molar-refractivity contribution in [2.24, 2.45) is 0 Å². The maximum Gasteiger partial charge on any atom is 0.127 e. The van der Waals surface area contributed by atoms with Crippen LogP contribution in [0.25, 0.3) is 0 Å². The first kappa shape index (κ1) is 14.7. The fourth-order valence-electron chi connectivity index (χ4n) is 1.96. The van der Waals surface area contributed by atoms with E-state index in [1.54, 1.807) is 7.11 Å². The quantitative estimate of drug-likeness (QED) is 0.748. The third-order valence-corrected chi connectivity index (χ3v) is 3.67. The van der Waals surface area contributed by atoms with E-state index in [4.69, 9.17) is 21.1 Å². The highest BCUT2D eigenvalue weighted by Gasteiger charge is 2.06. The first-order valence-electron chi connectivity index (χ1n) is 6.56. The topological polar surface area (TPSA) is 18.5 Å². The Balaban J connectivity index is 2.15. The average Bonchev–Trinajstić information content (AvgIpc) is 2.48. The molecule has 0 aliphatic carbocycles. The molecule has 0 radical (unpaired) electrons. The van der Waals surface area contributed by atoms with Crippen molar-refractivity contribution in [3.05, 3.63) is 58.7 Å². The Kier molecular flexibility index (Phi) is 4.91. The molecular weight excluding hydrogens is 272 g/mol. The van der Waals surface area contributed by atoms with Gasteiger partial charge in [-0.2, -0.15) is 0 Å². The standard InChI is InChI=1S/C17H19ClO2/c1-12-4-5-14(8-13(12)2)11-20-17-9-16(19-3)7-6-15(17)10-18/h4-9H,10-11H2,1-3H3. The van der Waals surface area contributed by atoms with E-state index < -0.39 is 0 Å². The zero-order valence-electron chi connectivity index (χ0n) is 12.1. The van der Waals surface area contributed by atoms with Crippen molar-refractivity contribution in [1.29, 1.82) is 0 Å². The predicted octanol–water partition coefficient (Wildman–Crippen LogP) is 4.63. The van der Waals surface area contributed by atoms with E-state index >= 15 is 0 Å². The highest BCUT2D eigenvalue weighted by Crippen LogP contribution is 2.27. The average molecular weight is 291 g/mol. The number of rotatable bonds is 5. The molecule has 106 valence electrons. The summed E-state index contributed by atoms with van der Waals surface area (Å²) < 4.78 is 11.1. The van der Waals surface area contributed by atoms with Crippen LogP contribution in [0.15, 0.2) is 36.4 Å². The normalized spacial score (nSPS) is 10.4. The van der Waals surface area contributed by atoms with Crippen LogP contribution in [0.2, 0.25) is 0 Å². The number of hydrogen-bond acceptors (Lipinski definition) is 2. The number of aryl methyl sites for hydroxylation is 2. The Labute approximate surface area is 125 Å². The van der Waals surface area contributed by atoms with Crippen molar-refractivity contribution in [3.63, 3.8) is 0 Å². The Morgan fingerprint density at radius 3 is 2.45 bits per heavy atom. The Morgan fingerprint density at radius 1 is 1.00 bits per heavy atom. The maximum atomic E-state index is 5.93. The van der Waals surface area contributed by atoms with Crippen molar-refractivity contribution in [2.75, 3.05) is 7.11 Å². The van der Waals surface area contributed by atoms with Crippen LogP contribution in [0.5, 0.6) is 11.5 Å². The molecular formula is C17H19ClO2. The molecule has 0 aromatic heterocycles. The number of ether oxygens (including phenoxy) is 2. The van der Waals surface area contributed by atoms with Gasteiger partial charge >= 0.3 is 0 Å². The monoisotopic (exact) mass is 290 g/mol. The fourth-order valence-corrected chi connectivity index (χ4v) is 2.18. The van der Waals surface area contributed by atoms with Gasteiger partial charge in [0.1, 0.15) is 18.1 Å². The highest BCUT2D eigenvalue weighted by atomic mass is 35.5. The van der Waals surface area contributed by atoms with Crippen molar-refractivity contribution >= 4 is 11.6 Å². The molecule has 3 heteroatoms. The number of methoxy groups -OCH3 is 1. The van der Waals surface area contributed by atoms with Crippen molar-refractivity contribution in [1.82, 2.24) is 0 Å². The number of hydrogen-bond donors (Lipinski definition) is 0. The lowest BCUT2D eigenvalue weighted by molar-refractivity contribution is 0.301. The Hall–Kier alpha value is -1.67. The van der Waals surface area contributed by atoms with Gasteiger partial charge in [0, 0.05) is 11.6 Å².